The summed E-state index contributed by atoms with van der Waals surface area (Å²) in [7, 11) is 0. The zero-order valence-corrected chi connectivity index (χ0v) is 10.4. The second-order valence-electron chi connectivity index (χ2n) is 4.07. The minimum Gasteiger partial charge on any atom is -0.271 e. The molecule has 3 rings (SSSR count). The molecule has 2 aromatic rings. The van der Waals surface area contributed by atoms with Crippen molar-refractivity contribution in [2.45, 2.75) is 12.5 Å². The van der Waals surface area contributed by atoms with Crippen molar-refractivity contribution in [1.29, 1.82) is 0 Å². The highest BCUT2D eigenvalue weighted by atomic mass is 35.5. The molecular weight excluding hydrogens is 250 g/mol. The molecule has 0 N–H and O–H groups in total. The first-order chi connectivity index (χ1) is 8.84. The number of halogens is 1. The van der Waals surface area contributed by atoms with Crippen LogP contribution >= 0.6 is 11.6 Å². The topological polar surface area (TPSA) is 38.2 Å². The van der Waals surface area contributed by atoms with E-state index in [1.54, 1.807) is 6.07 Å². The van der Waals surface area contributed by atoms with Crippen LogP contribution in [0, 0.1) is 0 Å². The third-order valence-corrected chi connectivity index (χ3v) is 3.14. The van der Waals surface area contributed by atoms with Crippen LogP contribution in [0.25, 0.3) is 0 Å². The summed E-state index contributed by atoms with van der Waals surface area (Å²) in [6.45, 7) is 0.682. The largest absolute Gasteiger partial charge is 0.271 e. The zero-order chi connectivity index (χ0) is 12.4. The maximum atomic E-state index is 5.88. The van der Waals surface area contributed by atoms with Gasteiger partial charge >= 0.3 is 0 Å². The molecule has 0 unspecified atom stereocenters. The fourth-order valence-corrected chi connectivity index (χ4v) is 2.26. The first-order valence-electron chi connectivity index (χ1n) is 5.79. The Hall–Kier alpha value is -1.65. The second kappa shape index (κ2) is 4.92. The Morgan fingerprint density at radius 3 is 2.83 bits per heavy atom. The van der Waals surface area contributed by atoms with Crippen LogP contribution < -0.4 is 5.06 Å². The van der Waals surface area contributed by atoms with Crippen LogP contribution in [0.1, 0.15) is 18.0 Å². The van der Waals surface area contributed by atoms with Crippen LogP contribution in [-0.4, -0.2) is 16.6 Å². The van der Waals surface area contributed by atoms with Crippen molar-refractivity contribution in [2.75, 3.05) is 11.7 Å². The Bertz CT molecular complexity index is 535. The quantitative estimate of drug-likeness (QED) is 0.779. The fraction of sp³-hybridized carbons (Fsp3) is 0.231. The standard InChI is InChI=1S/C13H12ClN3O/c14-12-8-13(16-9-15-12)17-11(6-7-18-17)10-4-2-1-3-5-10/h1-5,8-9,11H,6-7H2/t11-/m1/s1. The highest BCUT2D eigenvalue weighted by Gasteiger charge is 2.28. The zero-order valence-electron chi connectivity index (χ0n) is 9.66. The summed E-state index contributed by atoms with van der Waals surface area (Å²) in [6.07, 6.45) is 2.38. The summed E-state index contributed by atoms with van der Waals surface area (Å²) < 4.78 is 0. The molecule has 1 fully saturated rings. The van der Waals surface area contributed by atoms with Gasteiger partial charge in [-0.2, -0.15) is 0 Å². The molecule has 1 atom stereocenters. The summed E-state index contributed by atoms with van der Waals surface area (Å²) in [5.41, 5.74) is 1.21. The predicted octanol–water partition coefficient (Wildman–Crippen LogP) is 3.01. The van der Waals surface area contributed by atoms with Gasteiger partial charge in [0.2, 0.25) is 0 Å². The van der Waals surface area contributed by atoms with Gasteiger partial charge in [0, 0.05) is 12.5 Å². The number of rotatable bonds is 2. The van der Waals surface area contributed by atoms with Crippen molar-refractivity contribution in [3.63, 3.8) is 0 Å². The Morgan fingerprint density at radius 2 is 2.06 bits per heavy atom. The maximum absolute atomic E-state index is 5.88. The molecule has 2 heterocycles. The first-order valence-corrected chi connectivity index (χ1v) is 6.17. The van der Waals surface area contributed by atoms with Gasteiger partial charge in [0.25, 0.3) is 0 Å². The molecule has 4 nitrogen and oxygen atoms in total. The van der Waals surface area contributed by atoms with E-state index in [1.165, 1.54) is 11.9 Å². The van der Waals surface area contributed by atoms with Crippen LogP contribution in [0.5, 0.6) is 0 Å². The molecule has 1 aromatic carbocycles. The van der Waals surface area contributed by atoms with E-state index in [9.17, 15) is 0 Å². The number of benzene rings is 1. The monoisotopic (exact) mass is 261 g/mol. The fourth-order valence-electron chi connectivity index (χ4n) is 2.12. The summed E-state index contributed by atoms with van der Waals surface area (Å²) in [4.78, 5) is 13.7. The molecule has 0 radical (unpaired) electrons. The number of nitrogens with zero attached hydrogens (tertiary/aromatic N) is 3. The van der Waals surface area contributed by atoms with Gasteiger partial charge in [-0.3, -0.25) is 4.84 Å². The minimum absolute atomic E-state index is 0.178. The molecule has 1 saturated heterocycles. The van der Waals surface area contributed by atoms with Gasteiger partial charge in [-0.05, 0) is 5.56 Å². The molecule has 0 saturated carbocycles. The molecule has 0 aliphatic carbocycles. The van der Waals surface area contributed by atoms with Crippen molar-refractivity contribution in [3.05, 3.63) is 53.4 Å². The molecule has 1 aromatic heterocycles. The SMILES string of the molecule is Clc1cc(N2OCC[C@@H]2c2ccccc2)ncn1. The van der Waals surface area contributed by atoms with E-state index in [-0.39, 0.29) is 6.04 Å². The van der Waals surface area contributed by atoms with Crippen molar-refractivity contribution >= 4 is 17.4 Å². The van der Waals surface area contributed by atoms with Crippen molar-refractivity contribution in [1.82, 2.24) is 9.97 Å². The lowest BCUT2D eigenvalue weighted by Crippen LogP contribution is -2.22. The summed E-state index contributed by atoms with van der Waals surface area (Å²) in [5.74, 6) is 0.696. The van der Waals surface area contributed by atoms with Gasteiger partial charge in [0.05, 0.1) is 12.6 Å². The van der Waals surface area contributed by atoms with Crippen LogP contribution in [0.2, 0.25) is 5.15 Å². The van der Waals surface area contributed by atoms with E-state index in [2.05, 4.69) is 22.1 Å². The van der Waals surface area contributed by atoms with Crippen LogP contribution in [0.4, 0.5) is 5.82 Å². The number of hydrogen-bond donors (Lipinski definition) is 0. The van der Waals surface area contributed by atoms with Gasteiger partial charge < -0.3 is 0 Å². The normalized spacial score (nSPS) is 19.2. The first kappa shape index (κ1) is 11.4. The third kappa shape index (κ3) is 2.17. The molecule has 0 spiro atoms. The van der Waals surface area contributed by atoms with E-state index in [0.717, 1.165) is 6.42 Å². The van der Waals surface area contributed by atoms with Gasteiger partial charge in [0.15, 0.2) is 5.82 Å². The number of hydrogen-bond acceptors (Lipinski definition) is 4. The summed E-state index contributed by atoms with van der Waals surface area (Å²) in [6, 6.07) is 12.1. The van der Waals surface area contributed by atoms with Crippen molar-refractivity contribution < 1.29 is 4.84 Å². The Labute approximate surface area is 110 Å². The number of aromatic nitrogens is 2. The molecule has 92 valence electrons. The van der Waals surface area contributed by atoms with E-state index in [0.29, 0.717) is 17.6 Å². The lowest BCUT2D eigenvalue weighted by molar-refractivity contribution is 0.157. The predicted molar refractivity (Wildman–Crippen MR) is 69.3 cm³/mol. The summed E-state index contributed by atoms with van der Waals surface area (Å²) >= 11 is 5.88. The molecule has 5 heteroatoms. The molecular formula is C13H12ClN3O. The van der Waals surface area contributed by atoms with Crippen molar-refractivity contribution in [3.8, 4) is 0 Å². The number of hydroxylamine groups is 1. The highest BCUT2D eigenvalue weighted by molar-refractivity contribution is 6.29. The average molecular weight is 262 g/mol. The minimum atomic E-state index is 0.178. The second-order valence-corrected chi connectivity index (χ2v) is 4.46. The summed E-state index contributed by atoms with van der Waals surface area (Å²) in [5, 5.41) is 2.23. The van der Waals surface area contributed by atoms with Crippen LogP contribution in [0.15, 0.2) is 42.7 Å². The molecule has 1 aliphatic heterocycles. The van der Waals surface area contributed by atoms with E-state index in [1.807, 2.05) is 23.3 Å². The maximum Gasteiger partial charge on any atom is 0.157 e. The Kier molecular flexibility index (Phi) is 3.13. The van der Waals surface area contributed by atoms with Gasteiger partial charge in [-0.1, -0.05) is 41.9 Å². The van der Waals surface area contributed by atoms with Gasteiger partial charge in [-0.15, -0.1) is 0 Å². The number of anilines is 1. The molecule has 0 bridgehead atoms. The van der Waals surface area contributed by atoms with E-state index >= 15 is 0 Å². The van der Waals surface area contributed by atoms with Crippen molar-refractivity contribution in [2.24, 2.45) is 0 Å². The lowest BCUT2D eigenvalue weighted by Gasteiger charge is -2.23. The highest BCUT2D eigenvalue weighted by Crippen LogP contribution is 2.33. The van der Waals surface area contributed by atoms with Gasteiger partial charge in [0.1, 0.15) is 11.5 Å². The Balaban J connectivity index is 1.92. The lowest BCUT2D eigenvalue weighted by atomic mass is 10.0. The molecule has 0 amide bonds. The smallest absolute Gasteiger partial charge is 0.157 e. The molecule has 1 aliphatic rings. The average Bonchev–Trinajstić information content (AvgIpc) is 2.89. The van der Waals surface area contributed by atoms with E-state index in [4.69, 9.17) is 16.4 Å². The third-order valence-electron chi connectivity index (χ3n) is 2.93. The van der Waals surface area contributed by atoms with Crippen LogP contribution in [0.3, 0.4) is 0 Å². The molecule has 18 heavy (non-hydrogen) atoms. The van der Waals surface area contributed by atoms with Crippen LogP contribution in [-0.2, 0) is 4.84 Å². The van der Waals surface area contributed by atoms with E-state index < -0.39 is 0 Å². The Morgan fingerprint density at radius 1 is 1.22 bits per heavy atom. The van der Waals surface area contributed by atoms with Gasteiger partial charge in [-0.25, -0.2) is 15.0 Å².